The van der Waals surface area contributed by atoms with Gasteiger partial charge in [0, 0.05) is 31.9 Å². The highest BCUT2D eigenvalue weighted by atomic mass is 16.2. The van der Waals surface area contributed by atoms with Crippen molar-refractivity contribution in [3.05, 3.63) is 65.2 Å². The molecule has 178 valence electrons. The summed E-state index contributed by atoms with van der Waals surface area (Å²) in [6.45, 7) is 15.1. The third-order valence-corrected chi connectivity index (χ3v) is 6.37. The van der Waals surface area contributed by atoms with E-state index in [0.29, 0.717) is 32.1 Å². The first-order valence-corrected chi connectivity index (χ1v) is 12.1. The summed E-state index contributed by atoms with van der Waals surface area (Å²) in [5.74, 6) is 0.565. The highest BCUT2D eigenvalue weighted by molar-refractivity contribution is 5.90. The van der Waals surface area contributed by atoms with Crippen LogP contribution in [0.2, 0.25) is 0 Å². The van der Waals surface area contributed by atoms with Crippen molar-refractivity contribution in [3.63, 3.8) is 0 Å². The molecule has 0 bridgehead atoms. The van der Waals surface area contributed by atoms with Gasteiger partial charge >= 0.3 is 6.03 Å². The van der Waals surface area contributed by atoms with Crippen LogP contribution < -0.4 is 5.32 Å². The SMILES string of the molecule is CC(C)Cc1ccc(C(C)C(=O)N2CCN(C(=O)Nc3ccc(C(C)(C)C)cc3)CC2)cc1. The van der Waals surface area contributed by atoms with Gasteiger partial charge in [-0.3, -0.25) is 4.79 Å². The van der Waals surface area contributed by atoms with E-state index >= 15 is 0 Å². The summed E-state index contributed by atoms with van der Waals surface area (Å²) in [4.78, 5) is 29.4. The minimum atomic E-state index is -0.181. The molecular formula is C28H39N3O2. The van der Waals surface area contributed by atoms with Crippen LogP contribution >= 0.6 is 0 Å². The van der Waals surface area contributed by atoms with E-state index in [9.17, 15) is 9.59 Å². The molecule has 1 heterocycles. The average Bonchev–Trinajstić information content (AvgIpc) is 2.78. The maximum Gasteiger partial charge on any atom is 0.321 e. The van der Waals surface area contributed by atoms with Crippen LogP contribution in [0.25, 0.3) is 0 Å². The van der Waals surface area contributed by atoms with E-state index in [1.54, 1.807) is 4.90 Å². The average molecular weight is 450 g/mol. The standard InChI is InChI=1S/C28H39N3O2/c1-20(2)19-22-7-9-23(10-8-22)21(3)26(32)30-15-17-31(18-16-30)27(33)29-25-13-11-24(12-14-25)28(4,5)6/h7-14,20-21H,15-19H2,1-6H3,(H,29,33). The van der Waals surface area contributed by atoms with Crippen LogP contribution in [0.1, 0.15) is 64.2 Å². The lowest BCUT2D eigenvalue weighted by molar-refractivity contribution is -0.133. The molecule has 5 nitrogen and oxygen atoms in total. The molecular weight excluding hydrogens is 410 g/mol. The van der Waals surface area contributed by atoms with Gasteiger partial charge < -0.3 is 15.1 Å². The molecule has 0 spiro atoms. The van der Waals surface area contributed by atoms with E-state index in [2.05, 4.69) is 76.3 Å². The molecule has 33 heavy (non-hydrogen) atoms. The smallest absolute Gasteiger partial charge is 0.321 e. The monoisotopic (exact) mass is 449 g/mol. The molecule has 1 atom stereocenters. The highest BCUT2D eigenvalue weighted by Gasteiger charge is 2.27. The number of hydrogen-bond donors (Lipinski definition) is 1. The van der Waals surface area contributed by atoms with Crippen molar-refractivity contribution < 1.29 is 9.59 Å². The minimum Gasteiger partial charge on any atom is -0.339 e. The maximum atomic E-state index is 13.0. The molecule has 0 aromatic heterocycles. The Hall–Kier alpha value is -2.82. The lowest BCUT2D eigenvalue weighted by atomic mass is 9.87. The second-order valence-electron chi connectivity index (χ2n) is 10.6. The molecule has 3 rings (SSSR count). The molecule has 5 heteroatoms. The molecule has 0 radical (unpaired) electrons. The Morgan fingerprint density at radius 1 is 0.848 bits per heavy atom. The number of rotatable bonds is 5. The Balaban J connectivity index is 1.51. The fraction of sp³-hybridized carbons (Fsp3) is 0.500. The normalized spacial score (nSPS) is 15.5. The van der Waals surface area contributed by atoms with Gasteiger partial charge in [0.25, 0.3) is 0 Å². The summed E-state index contributed by atoms with van der Waals surface area (Å²) in [5, 5.41) is 2.99. The Bertz CT molecular complexity index is 935. The highest BCUT2D eigenvalue weighted by Crippen LogP contribution is 2.24. The summed E-state index contributed by atoms with van der Waals surface area (Å²) < 4.78 is 0. The van der Waals surface area contributed by atoms with Crippen molar-refractivity contribution in [2.75, 3.05) is 31.5 Å². The Labute approximate surface area is 199 Å². The van der Waals surface area contributed by atoms with E-state index in [-0.39, 0.29) is 23.3 Å². The Kier molecular flexibility index (Phi) is 7.83. The first-order valence-electron chi connectivity index (χ1n) is 12.1. The van der Waals surface area contributed by atoms with Crippen LogP contribution in [0.3, 0.4) is 0 Å². The lowest BCUT2D eigenvalue weighted by Gasteiger charge is -2.36. The van der Waals surface area contributed by atoms with E-state index in [4.69, 9.17) is 0 Å². The summed E-state index contributed by atoms with van der Waals surface area (Å²) >= 11 is 0. The van der Waals surface area contributed by atoms with Crippen molar-refractivity contribution in [3.8, 4) is 0 Å². The van der Waals surface area contributed by atoms with Gasteiger partial charge in [-0.1, -0.05) is 71.0 Å². The summed E-state index contributed by atoms with van der Waals surface area (Å²) in [6.07, 6.45) is 1.05. The van der Waals surface area contributed by atoms with Gasteiger partial charge in [-0.15, -0.1) is 0 Å². The molecule has 1 unspecified atom stereocenters. The predicted octanol–water partition coefficient (Wildman–Crippen LogP) is 5.66. The number of amides is 3. The Morgan fingerprint density at radius 2 is 1.39 bits per heavy atom. The third kappa shape index (κ3) is 6.59. The largest absolute Gasteiger partial charge is 0.339 e. The van der Waals surface area contributed by atoms with Gasteiger partial charge in [0.15, 0.2) is 0 Å². The van der Waals surface area contributed by atoms with Gasteiger partial charge in [-0.2, -0.15) is 0 Å². The number of carbonyl (C=O) groups is 2. The van der Waals surface area contributed by atoms with E-state index in [1.165, 1.54) is 11.1 Å². The molecule has 1 saturated heterocycles. The fourth-order valence-corrected chi connectivity index (χ4v) is 4.22. The van der Waals surface area contributed by atoms with Gasteiger partial charge in [0.1, 0.15) is 0 Å². The van der Waals surface area contributed by atoms with E-state index in [0.717, 1.165) is 17.7 Å². The van der Waals surface area contributed by atoms with Gasteiger partial charge in [-0.05, 0) is 53.5 Å². The van der Waals surface area contributed by atoms with Gasteiger partial charge in [0.05, 0.1) is 5.92 Å². The van der Waals surface area contributed by atoms with Crippen LogP contribution in [0, 0.1) is 5.92 Å². The first kappa shape index (κ1) is 24.8. The van der Waals surface area contributed by atoms with Crippen molar-refractivity contribution in [2.45, 2.75) is 59.3 Å². The molecule has 2 aromatic rings. The van der Waals surface area contributed by atoms with Crippen molar-refractivity contribution in [2.24, 2.45) is 5.92 Å². The van der Waals surface area contributed by atoms with Crippen LogP contribution in [-0.4, -0.2) is 47.9 Å². The number of piperazine rings is 1. The molecule has 2 aromatic carbocycles. The molecule has 0 saturated carbocycles. The molecule has 1 aliphatic heterocycles. The number of nitrogens with zero attached hydrogens (tertiary/aromatic N) is 2. The zero-order valence-corrected chi connectivity index (χ0v) is 21.0. The third-order valence-electron chi connectivity index (χ3n) is 6.37. The lowest BCUT2D eigenvalue weighted by Crippen LogP contribution is -2.52. The van der Waals surface area contributed by atoms with Crippen LogP contribution in [0.5, 0.6) is 0 Å². The number of anilines is 1. The second-order valence-corrected chi connectivity index (χ2v) is 10.6. The van der Waals surface area contributed by atoms with Gasteiger partial charge in [0.2, 0.25) is 5.91 Å². The second kappa shape index (κ2) is 10.4. The van der Waals surface area contributed by atoms with Gasteiger partial charge in [-0.25, -0.2) is 4.79 Å². The number of carbonyl (C=O) groups excluding carboxylic acids is 2. The molecule has 0 aliphatic carbocycles. The molecule has 1 fully saturated rings. The number of hydrogen-bond acceptors (Lipinski definition) is 2. The van der Waals surface area contributed by atoms with Crippen LogP contribution in [0.4, 0.5) is 10.5 Å². The van der Waals surface area contributed by atoms with Crippen molar-refractivity contribution >= 4 is 17.6 Å². The Morgan fingerprint density at radius 3 is 1.91 bits per heavy atom. The zero-order valence-electron chi connectivity index (χ0n) is 21.0. The van der Waals surface area contributed by atoms with Crippen molar-refractivity contribution in [1.29, 1.82) is 0 Å². The topological polar surface area (TPSA) is 52.7 Å². The summed E-state index contributed by atoms with van der Waals surface area (Å²) in [5.41, 5.74) is 4.46. The number of benzene rings is 2. The van der Waals surface area contributed by atoms with Crippen LogP contribution in [-0.2, 0) is 16.6 Å². The maximum absolute atomic E-state index is 13.0. The summed E-state index contributed by atoms with van der Waals surface area (Å²) in [7, 11) is 0. The minimum absolute atomic E-state index is 0.0820. The molecule has 1 N–H and O–H groups in total. The fourth-order valence-electron chi connectivity index (χ4n) is 4.22. The van der Waals surface area contributed by atoms with Crippen LogP contribution in [0.15, 0.2) is 48.5 Å². The van der Waals surface area contributed by atoms with E-state index < -0.39 is 0 Å². The number of nitrogens with one attached hydrogen (secondary N) is 1. The zero-order chi connectivity index (χ0) is 24.2. The van der Waals surface area contributed by atoms with E-state index in [1.807, 2.05) is 24.0 Å². The predicted molar refractivity (Wildman–Crippen MR) is 136 cm³/mol. The quantitative estimate of drug-likeness (QED) is 0.640. The molecule has 1 aliphatic rings. The number of urea groups is 1. The van der Waals surface area contributed by atoms with Crippen molar-refractivity contribution in [1.82, 2.24) is 9.80 Å². The first-order chi connectivity index (χ1) is 15.5. The molecule has 3 amide bonds. The summed E-state index contributed by atoms with van der Waals surface area (Å²) in [6, 6.07) is 16.3.